The second kappa shape index (κ2) is 8.81. The fraction of sp³-hybridized carbons (Fsp3) is 0.389. The zero-order chi connectivity index (χ0) is 19.2. The highest BCUT2D eigenvalue weighted by molar-refractivity contribution is 7.99. The van der Waals surface area contributed by atoms with Crippen LogP contribution >= 0.6 is 11.8 Å². The van der Waals surface area contributed by atoms with Crippen molar-refractivity contribution in [2.45, 2.75) is 43.4 Å². The van der Waals surface area contributed by atoms with Crippen LogP contribution in [0.5, 0.6) is 0 Å². The van der Waals surface area contributed by atoms with Gasteiger partial charge in [0, 0.05) is 30.3 Å². The number of nitrogens with zero attached hydrogens (tertiary/aromatic N) is 4. The van der Waals surface area contributed by atoms with Crippen molar-refractivity contribution in [3.63, 3.8) is 0 Å². The van der Waals surface area contributed by atoms with E-state index >= 15 is 0 Å². The van der Waals surface area contributed by atoms with Crippen LogP contribution in [0.1, 0.15) is 25.7 Å². The van der Waals surface area contributed by atoms with Crippen LogP contribution in [0.2, 0.25) is 0 Å². The summed E-state index contributed by atoms with van der Waals surface area (Å²) in [6.07, 6.45) is 6.16. The third-order valence-corrected chi connectivity index (χ3v) is 5.38. The molecule has 0 saturated heterocycles. The molecule has 27 heavy (non-hydrogen) atoms. The van der Waals surface area contributed by atoms with Crippen molar-refractivity contribution in [2.75, 3.05) is 5.75 Å². The van der Waals surface area contributed by atoms with Gasteiger partial charge in [0.2, 0.25) is 5.91 Å². The average Bonchev–Trinajstić information content (AvgIpc) is 3.30. The molecule has 0 spiro atoms. The van der Waals surface area contributed by atoms with E-state index in [2.05, 4.69) is 22.1 Å². The Kier molecular flexibility index (Phi) is 6.23. The van der Waals surface area contributed by atoms with Gasteiger partial charge < -0.3 is 5.32 Å². The van der Waals surface area contributed by atoms with Crippen molar-refractivity contribution in [1.29, 1.82) is 0 Å². The molecular weight excluding hydrogens is 366 g/mol. The first-order valence-electron chi connectivity index (χ1n) is 8.79. The third kappa shape index (κ3) is 4.73. The number of thioether (sulfide) groups is 1. The van der Waals surface area contributed by atoms with Crippen LogP contribution in [-0.2, 0) is 11.3 Å². The lowest BCUT2D eigenvalue weighted by atomic mass is 10.2. The van der Waals surface area contributed by atoms with E-state index in [1.165, 1.54) is 36.7 Å². The fourth-order valence-electron chi connectivity index (χ4n) is 3.10. The van der Waals surface area contributed by atoms with Crippen molar-refractivity contribution >= 4 is 23.4 Å². The van der Waals surface area contributed by atoms with Crippen LogP contribution < -0.4 is 5.32 Å². The quantitative estimate of drug-likeness (QED) is 0.323. The van der Waals surface area contributed by atoms with Crippen LogP contribution in [-0.4, -0.2) is 37.4 Å². The van der Waals surface area contributed by atoms with E-state index in [4.69, 9.17) is 0 Å². The maximum atomic E-state index is 12.1. The number of nitro benzene ring substituents is 1. The molecule has 2 aromatic rings. The van der Waals surface area contributed by atoms with Gasteiger partial charge in [0.25, 0.3) is 5.69 Å². The topological polar surface area (TPSA) is 103 Å². The lowest BCUT2D eigenvalue weighted by Crippen LogP contribution is -2.33. The molecule has 0 bridgehead atoms. The summed E-state index contributed by atoms with van der Waals surface area (Å²) in [5.74, 6) is 0.854. The Morgan fingerprint density at radius 1 is 1.33 bits per heavy atom. The van der Waals surface area contributed by atoms with E-state index < -0.39 is 4.92 Å². The standard InChI is InChI=1S/C18H21N5O3S/c1-2-11-22-17(13-7-9-15(10-8-13)23(25)26)20-21-18(22)27-12-16(24)19-14-5-3-4-6-14/h2,7-10,14H,1,3-6,11-12H2,(H,19,24). The predicted molar refractivity (Wildman–Crippen MR) is 103 cm³/mol. The molecule has 142 valence electrons. The number of amides is 1. The van der Waals surface area contributed by atoms with Gasteiger partial charge in [0.05, 0.1) is 10.7 Å². The Morgan fingerprint density at radius 2 is 2.04 bits per heavy atom. The number of rotatable bonds is 8. The molecule has 8 nitrogen and oxygen atoms in total. The van der Waals surface area contributed by atoms with Crippen LogP contribution in [0.25, 0.3) is 11.4 Å². The molecule has 1 aromatic heterocycles. The normalized spacial score (nSPS) is 14.2. The first-order valence-corrected chi connectivity index (χ1v) is 9.78. The van der Waals surface area contributed by atoms with Gasteiger partial charge in [0.1, 0.15) is 0 Å². The molecular formula is C18H21N5O3S. The number of benzene rings is 1. The molecule has 1 aliphatic carbocycles. The number of hydrogen-bond acceptors (Lipinski definition) is 6. The largest absolute Gasteiger partial charge is 0.353 e. The highest BCUT2D eigenvalue weighted by Gasteiger charge is 2.19. The second-order valence-electron chi connectivity index (χ2n) is 6.35. The molecule has 1 aromatic carbocycles. The number of non-ortho nitro benzene ring substituents is 1. The molecule has 1 aliphatic rings. The van der Waals surface area contributed by atoms with Gasteiger partial charge >= 0.3 is 0 Å². The summed E-state index contributed by atoms with van der Waals surface area (Å²) < 4.78 is 1.85. The summed E-state index contributed by atoms with van der Waals surface area (Å²) in [4.78, 5) is 22.5. The number of carbonyl (C=O) groups is 1. The number of carbonyl (C=O) groups excluding carboxylic acids is 1. The molecule has 1 heterocycles. The zero-order valence-corrected chi connectivity index (χ0v) is 15.7. The fourth-order valence-corrected chi connectivity index (χ4v) is 3.86. The van der Waals surface area contributed by atoms with E-state index in [0.717, 1.165) is 18.4 Å². The van der Waals surface area contributed by atoms with E-state index in [1.807, 2.05) is 4.57 Å². The summed E-state index contributed by atoms with van der Waals surface area (Å²) in [6.45, 7) is 4.24. The summed E-state index contributed by atoms with van der Waals surface area (Å²) >= 11 is 1.32. The molecule has 1 fully saturated rings. The molecule has 0 aliphatic heterocycles. The van der Waals surface area contributed by atoms with Gasteiger partial charge in [-0.05, 0) is 25.0 Å². The Balaban J connectivity index is 1.71. The van der Waals surface area contributed by atoms with Crippen molar-refractivity contribution in [1.82, 2.24) is 20.1 Å². The first-order chi connectivity index (χ1) is 13.1. The lowest BCUT2D eigenvalue weighted by molar-refractivity contribution is -0.384. The minimum Gasteiger partial charge on any atom is -0.353 e. The molecule has 1 saturated carbocycles. The van der Waals surface area contributed by atoms with Gasteiger partial charge in [-0.1, -0.05) is 30.7 Å². The van der Waals surface area contributed by atoms with Gasteiger partial charge in [-0.25, -0.2) is 0 Å². The predicted octanol–water partition coefficient (Wildman–Crippen LogP) is 3.19. The molecule has 0 radical (unpaired) electrons. The lowest BCUT2D eigenvalue weighted by Gasteiger charge is -2.12. The van der Waals surface area contributed by atoms with Crippen molar-refractivity contribution in [3.05, 3.63) is 47.0 Å². The van der Waals surface area contributed by atoms with E-state index in [-0.39, 0.29) is 17.3 Å². The maximum absolute atomic E-state index is 12.1. The Hall–Kier alpha value is -2.68. The highest BCUT2D eigenvalue weighted by Crippen LogP contribution is 2.26. The van der Waals surface area contributed by atoms with Crippen LogP contribution in [0, 0.1) is 10.1 Å². The minimum absolute atomic E-state index is 0.00283. The zero-order valence-electron chi connectivity index (χ0n) is 14.8. The van der Waals surface area contributed by atoms with E-state index in [9.17, 15) is 14.9 Å². The molecule has 1 N–H and O–H groups in total. The third-order valence-electron chi connectivity index (χ3n) is 4.42. The molecule has 3 rings (SSSR count). The number of nitro groups is 1. The molecule has 9 heteroatoms. The highest BCUT2D eigenvalue weighted by atomic mass is 32.2. The summed E-state index contributed by atoms with van der Waals surface area (Å²) in [7, 11) is 0. The molecule has 0 atom stereocenters. The Bertz CT molecular complexity index is 828. The van der Waals surface area contributed by atoms with Crippen molar-refractivity contribution in [2.24, 2.45) is 0 Å². The van der Waals surface area contributed by atoms with Crippen LogP contribution in [0.4, 0.5) is 5.69 Å². The van der Waals surface area contributed by atoms with E-state index in [0.29, 0.717) is 23.6 Å². The van der Waals surface area contributed by atoms with E-state index in [1.54, 1.807) is 18.2 Å². The van der Waals surface area contributed by atoms with Crippen molar-refractivity contribution in [3.8, 4) is 11.4 Å². The maximum Gasteiger partial charge on any atom is 0.269 e. The summed E-state index contributed by atoms with van der Waals surface area (Å²) in [5.41, 5.74) is 0.740. The summed E-state index contributed by atoms with van der Waals surface area (Å²) in [6, 6.07) is 6.44. The average molecular weight is 387 g/mol. The van der Waals surface area contributed by atoms with Gasteiger partial charge in [-0.3, -0.25) is 19.5 Å². The monoisotopic (exact) mass is 387 g/mol. The number of hydrogen-bond donors (Lipinski definition) is 1. The number of allylic oxidation sites excluding steroid dienone is 1. The number of aromatic nitrogens is 3. The minimum atomic E-state index is -0.442. The first kappa shape index (κ1) is 19.1. The Labute approximate surface area is 161 Å². The Morgan fingerprint density at radius 3 is 2.67 bits per heavy atom. The number of nitrogens with one attached hydrogen (secondary N) is 1. The van der Waals surface area contributed by atoms with Crippen LogP contribution in [0.15, 0.2) is 42.1 Å². The molecule has 0 unspecified atom stereocenters. The van der Waals surface area contributed by atoms with Crippen molar-refractivity contribution < 1.29 is 9.72 Å². The SMILES string of the molecule is C=CCn1c(SCC(=O)NC2CCCC2)nnc1-c1ccc([N+](=O)[O-])cc1. The van der Waals surface area contributed by atoms with Crippen LogP contribution in [0.3, 0.4) is 0 Å². The second-order valence-corrected chi connectivity index (χ2v) is 7.29. The van der Waals surface area contributed by atoms with Gasteiger partial charge in [-0.15, -0.1) is 16.8 Å². The smallest absolute Gasteiger partial charge is 0.269 e. The van der Waals surface area contributed by atoms with Gasteiger partial charge in [-0.2, -0.15) is 0 Å². The summed E-state index contributed by atoms with van der Waals surface area (Å²) in [5, 5.41) is 22.9. The molecule has 1 amide bonds. The van der Waals surface area contributed by atoms with Gasteiger partial charge in [0.15, 0.2) is 11.0 Å².